The number of halogens is 2. The Morgan fingerprint density at radius 3 is 2.57 bits per heavy atom. The summed E-state index contributed by atoms with van der Waals surface area (Å²) in [6.45, 7) is 1.59. The molecule has 2 rings (SSSR count). The van der Waals surface area contributed by atoms with Crippen LogP contribution in [0.4, 0.5) is 4.39 Å². The van der Waals surface area contributed by atoms with E-state index in [0.717, 1.165) is 15.6 Å². The summed E-state index contributed by atoms with van der Waals surface area (Å²) in [5, 5.41) is 2.89. The third kappa shape index (κ3) is 6.12. The number of likely N-dealkylation sites (N-methyl/N-ethyl adjacent to an activating group) is 1. The standard InChI is InChI=1S/C18H20BrFN2O/c1-22(12-15-4-2-3-5-17(15)19)13-18(23)21-11-10-14-6-8-16(20)9-7-14/h2-9H,10-13H2,1H3,(H,21,23). The van der Waals surface area contributed by atoms with Crippen LogP contribution < -0.4 is 5.32 Å². The van der Waals surface area contributed by atoms with Crippen LogP contribution in [-0.4, -0.2) is 30.9 Å². The van der Waals surface area contributed by atoms with Crippen LogP contribution in [0.15, 0.2) is 53.0 Å². The summed E-state index contributed by atoms with van der Waals surface area (Å²) in [6, 6.07) is 14.3. The van der Waals surface area contributed by atoms with Gasteiger partial charge in [0.2, 0.25) is 5.91 Å². The summed E-state index contributed by atoms with van der Waals surface area (Å²) in [6.07, 6.45) is 0.694. The highest BCUT2D eigenvalue weighted by atomic mass is 79.9. The largest absolute Gasteiger partial charge is 0.355 e. The van der Waals surface area contributed by atoms with Crippen LogP contribution in [-0.2, 0) is 17.8 Å². The highest BCUT2D eigenvalue weighted by Crippen LogP contribution is 2.17. The molecule has 2 aromatic rings. The maximum Gasteiger partial charge on any atom is 0.234 e. The zero-order valence-electron chi connectivity index (χ0n) is 13.1. The molecule has 23 heavy (non-hydrogen) atoms. The molecule has 0 bridgehead atoms. The molecular formula is C18H20BrFN2O. The second-order valence-corrected chi connectivity index (χ2v) is 6.34. The topological polar surface area (TPSA) is 32.3 Å². The number of nitrogens with zero attached hydrogens (tertiary/aromatic N) is 1. The Morgan fingerprint density at radius 2 is 1.87 bits per heavy atom. The van der Waals surface area contributed by atoms with Gasteiger partial charge in [0.1, 0.15) is 5.82 Å². The molecule has 3 nitrogen and oxygen atoms in total. The van der Waals surface area contributed by atoms with Crippen molar-refractivity contribution < 1.29 is 9.18 Å². The second-order valence-electron chi connectivity index (χ2n) is 5.49. The van der Waals surface area contributed by atoms with Crippen LogP contribution >= 0.6 is 15.9 Å². The fourth-order valence-corrected chi connectivity index (χ4v) is 2.68. The molecule has 0 saturated carbocycles. The van der Waals surface area contributed by atoms with E-state index in [1.54, 1.807) is 12.1 Å². The van der Waals surface area contributed by atoms with E-state index in [9.17, 15) is 9.18 Å². The summed E-state index contributed by atoms with van der Waals surface area (Å²) in [4.78, 5) is 13.9. The fraction of sp³-hybridized carbons (Fsp3) is 0.278. The highest BCUT2D eigenvalue weighted by molar-refractivity contribution is 9.10. The SMILES string of the molecule is CN(CC(=O)NCCc1ccc(F)cc1)Cc1ccccc1Br. The molecule has 0 aliphatic heterocycles. The molecule has 0 aliphatic rings. The predicted molar refractivity (Wildman–Crippen MR) is 93.6 cm³/mol. The van der Waals surface area contributed by atoms with E-state index in [1.165, 1.54) is 12.1 Å². The molecule has 122 valence electrons. The van der Waals surface area contributed by atoms with Crippen molar-refractivity contribution in [3.05, 3.63) is 69.9 Å². The van der Waals surface area contributed by atoms with Crippen molar-refractivity contribution in [2.75, 3.05) is 20.1 Å². The molecule has 5 heteroatoms. The van der Waals surface area contributed by atoms with Gasteiger partial charge in [-0.15, -0.1) is 0 Å². The molecule has 1 N–H and O–H groups in total. The van der Waals surface area contributed by atoms with Gasteiger partial charge in [0, 0.05) is 17.6 Å². The van der Waals surface area contributed by atoms with Crippen LogP contribution in [0.2, 0.25) is 0 Å². The molecule has 0 radical (unpaired) electrons. The highest BCUT2D eigenvalue weighted by Gasteiger charge is 2.08. The summed E-state index contributed by atoms with van der Waals surface area (Å²) in [5.41, 5.74) is 2.15. The van der Waals surface area contributed by atoms with Gasteiger partial charge in [0.25, 0.3) is 0 Å². The van der Waals surface area contributed by atoms with Gasteiger partial charge in [0.05, 0.1) is 6.54 Å². The smallest absolute Gasteiger partial charge is 0.234 e. The van der Waals surface area contributed by atoms with Crippen molar-refractivity contribution in [1.29, 1.82) is 0 Å². The Morgan fingerprint density at radius 1 is 1.17 bits per heavy atom. The average Bonchev–Trinajstić information content (AvgIpc) is 2.51. The molecule has 0 fully saturated rings. The zero-order valence-corrected chi connectivity index (χ0v) is 14.6. The van der Waals surface area contributed by atoms with E-state index >= 15 is 0 Å². The first-order valence-corrected chi connectivity index (χ1v) is 8.27. The maximum atomic E-state index is 12.8. The summed E-state index contributed by atoms with van der Waals surface area (Å²) in [7, 11) is 1.92. The van der Waals surface area contributed by atoms with Crippen molar-refractivity contribution in [3.8, 4) is 0 Å². The normalized spacial score (nSPS) is 10.8. The third-order valence-corrected chi connectivity index (χ3v) is 4.23. The molecule has 1 amide bonds. The Bertz CT molecular complexity index is 646. The second kappa shape index (κ2) is 8.79. The first-order valence-electron chi connectivity index (χ1n) is 7.47. The van der Waals surface area contributed by atoms with E-state index < -0.39 is 0 Å². The van der Waals surface area contributed by atoms with Gasteiger partial charge in [0.15, 0.2) is 0 Å². The van der Waals surface area contributed by atoms with Gasteiger partial charge in [-0.05, 0) is 42.8 Å². The molecule has 0 atom stereocenters. The molecule has 0 spiro atoms. The summed E-state index contributed by atoms with van der Waals surface area (Å²) in [5.74, 6) is -0.256. The number of hydrogen-bond donors (Lipinski definition) is 1. The van der Waals surface area contributed by atoms with E-state index in [-0.39, 0.29) is 11.7 Å². The first kappa shape index (κ1) is 17.6. The number of carbonyl (C=O) groups is 1. The van der Waals surface area contributed by atoms with Crippen LogP contribution in [0, 0.1) is 5.82 Å². The Hall–Kier alpha value is -1.72. The molecule has 0 unspecified atom stereocenters. The lowest BCUT2D eigenvalue weighted by atomic mass is 10.1. The van der Waals surface area contributed by atoms with Crippen LogP contribution in [0.5, 0.6) is 0 Å². The predicted octanol–water partition coefficient (Wildman–Crippen LogP) is 3.38. The van der Waals surface area contributed by atoms with Crippen LogP contribution in [0.3, 0.4) is 0 Å². The number of rotatable bonds is 7. The first-order chi connectivity index (χ1) is 11.0. The molecule has 0 aromatic heterocycles. The lowest BCUT2D eigenvalue weighted by molar-refractivity contribution is -0.122. The molecule has 2 aromatic carbocycles. The Balaban J connectivity index is 1.72. The minimum Gasteiger partial charge on any atom is -0.355 e. The quantitative estimate of drug-likeness (QED) is 0.800. The van der Waals surface area contributed by atoms with E-state index in [4.69, 9.17) is 0 Å². The minimum absolute atomic E-state index is 0.0123. The monoisotopic (exact) mass is 378 g/mol. The van der Waals surface area contributed by atoms with Gasteiger partial charge in [-0.25, -0.2) is 4.39 Å². The number of carbonyl (C=O) groups excluding carboxylic acids is 1. The van der Waals surface area contributed by atoms with Gasteiger partial charge in [-0.3, -0.25) is 9.69 Å². The minimum atomic E-state index is -0.244. The van der Waals surface area contributed by atoms with Gasteiger partial charge < -0.3 is 5.32 Å². The van der Waals surface area contributed by atoms with Crippen LogP contribution in [0.25, 0.3) is 0 Å². The lowest BCUT2D eigenvalue weighted by Gasteiger charge is -2.17. The van der Waals surface area contributed by atoms with E-state index in [2.05, 4.69) is 21.2 Å². The number of hydrogen-bond acceptors (Lipinski definition) is 2. The number of nitrogens with one attached hydrogen (secondary N) is 1. The molecule has 0 heterocycles. The average molecular weight is 379 g/mol. The maximum absolute atomic E-state index is 12.8. The lowest BCUT2D eigenvalue weighted by Crippen LogP contribution is -2.35. The van der Waals surface area contributed by atoms with Crippen molar-refractivity contribution in [2.24, 2.45) is 0 Å². The van der Waals surface area contributed by atoms with Gasteiger partial charge in [-0.1, -0.05) is 46.3 Å². The summed E-state index contributed by atoms with van der Waals surface area (Å²) >= 11 is 3.51. The van der Waals surface area contributed by atoms with Crippen molar-refractivity contribution in [1.82, 2.24) is 10.2 Å². The molecule has 0 saturated heterocycles. The van der Waals surface area contributed by atoms with Gasteiger partial charge in [-0.2, -0.15) is 0 Å². The Labute approximate surface area is 144 Å². The zero-order chi connectivity index (χ0) is 16.7. The van der Waals surface area contributed by atoms with Crippen molar-refractivity contribution >= 4 is 21.8 Å². The molecule has 0 aliphatic carbocycles. The van der Waals surface area contributed by atoms with E-state index in [1.807, 2.05) is 36.2 Å². The van der Waals surface area contributed by atoms with E-state index in [0.29, 0.717) is 26.1 Å². The van der Waals surface area contributed by atoms with Gasteiger partial charge >= 0.3 is 0 Å². The van der Waals surface area contributed by atoms with Crippen molar-refractivity contribution in [3.63, 3.8) is 0 Å². The Kier molecular flexibility index (Phi) is 6.74. The fourth-order valence-electron chi connectivity index (χ4n) is 2.27. The number of amides is 1. The third-order valence-electron chi connectivity index (χ3n) is 3.46. The summed E-state index contributed by atoms with van der Waals surface area (Å²) < 4.78 is 13.9. The van der Waals surface area contributed by atoms with Crippen LogP contribution in [0.1, 0.15) is 11.1 Å². The number of benzene rings is 2. The van der Waals surface area contributed by atoms with Crippen molar-refractivity contribution in [2.45, 2.75) is 13.0 Å². The molecular weight excluding hydrogens is 359 g/mol.